The first-order valence-electron chi connectivity index (χ1n) is 5.81. The number of nitrogens with zero attached hydrogens (tertiary/aromatic N) is 3. The number of hydrogen-bond acceptors (Lipinski definition) is 3. The van der Waals surface area contributed by atoms with Gasteiger partial charge in [0.2, 0.25) is 5.75 Å². The molecule has 7 heteroatoms. The van der Waals surface area contributed by atoms with E-state index in [4.69, 9.17) is 9.84 Å². The zero-order chi connectivity index (χ0) is 14.4. The topological polar surface area (TPSA) is 92.9 Å². The molecule has 0 spiro atoms. The van der Waals surface area contributed by atoms with E-state index in [-0.39, 0.29) is 31.1 Å². The van der Waals surface area contributed by atoms with Gasteiger partial charge in [0.1, 0.15) is 0 Å². The van der Waals surface area contributed by atoms with Crippen LogP contribution in [0.3, 0.4) is 0 Å². The van der Waals surface area contributed by atoms with Crippen molar-refractivity contribution in [2.75, 3.05) is 7.11 Å². The van der Waals surface area contributed by atoms with Gasteiger partial charge in [0.15, 0.2) is 0 Å². The second kappa shape index (κ2) is 8.12. The number of para-hydroxylation sites is 1. The summed E-state index contributed by atoms with van der Waals surface area (Å²) in [7, 11) is 1.50. The predicted molar refractivity (Wildman–Crippen MR) is 77.3 cm³/mol. The summed E-state index contributed by atoms with van der Waals surface area (Å²) in [5.74, 6) is 0.465. The zero-order valence-electron chi connectivity index (χ0n) is 11.5. The second-order valence-electron chi connectivity index (χ2n) is 3.83. The fourth-order valence-electron chi connectivity index (χ4n) is 1.53. The Balaban J connectivity index is 0.00000220. The minimum absolute atomic E-state index is 0. The van der Waals surface area contributed by atoms with Gasteiger partial charge < -0.3 is 20.4 Å². The summed E-state index contributed by atoms with van der Waals surface area (Å²) in [5.41, 5.74) is 4.75. The maximum Gasteiger partial charge on any atom is 2.00 e. The number of hydrogen-bond donors (Lipinski definition) is 0. The molecule has 102 valence electrons. The molecule has 6 nitrogen and oxygen atoms in total. The Bertz CT molecular complexity index is 633. The van der Waals surface area contributed by atoms with Crippen LogP contribution in [0.4, 0.5) is 0 Å². The number of amides is 1. The molecule has 2 aromatic rings. The molecule has 1 aromatic heterocycles. The van der Waals surface area contributed by atoms with Crippen LogP contribution < -0.4 is 4.74 Å². The Kier molecular flexibility index (Phi) is 6.49. The number of ether oxygens (including phenoxy) is 1. The third-order valence-corrected chi connectivity index (χ3v) is 2.57. The molecule has 1 amide bonds. The minimum atomic E-state index is -0.210. The number of pyridine rings is 1. The van der Waals surface area contributed by atoms with Crippen molar-refractivity contribution in [3.05, 3.63) is 59.3 Å². The molecule has 2 rings (SSSR count). The largest absolute Gasteiger partial charge is 2.00 e. The molecule has 0 aliphatic rings. The first-order chi connectivity index (χ1) is 9.72. The van der Waals surface area contributed by atoms with E-state index >= 15 is 0 Å². The summed E-state index contributed by atoms with van der Waals surface area (Å²) in [6.07, 6.45) is 4.49. The van der Waals surface area contributed by atoms with E-state index in [2.05, 4.69) is 15.5 Å². The van der Waals surface area contributed by atoms with Crippen LogP contribution in [0.2, 0.25) is 0 Å². The van der Waals surface area contributed by atoms with Crippen molar-refractivity contribution < 1.29 is 34.1 Å². The van der Waals surface area contributed by atoms with Crippen molar-refractivity contribution in [2.24, 2.45) is 5.10 Å². The van der Waals surface area contributed by atoms with Gasteiger partial charge in [-0.1, -0.05) is 6.07 Å². The van der Waals surface area contributed by atoms with E-state index in [1.54, 1.807) is 42.7 Å². The number of aromatic nitrogens is 1. The minimum Gasteiger partial charge on any atom is -0.590 e. The molecule has 0 fully saturated rings. The van der Waals surface area contributed by atoms with Gasteiger partial charge >= 0.3 is 25.2 Å². The van der Waals surface area contributed by atoms with Crippen molar-refractivity contribution in [2.45, 2.75) is 0 Å². The van der Waals surface area contributed by atoms with Crippen molar-refractivity contribution in [1.82, 2.24) is 4.98 Å². The quantitative estimate of drug-likeness (QED) is 0.368. The predicted octanol–water partition coefficient (Wildman–Crippen LogP) is 1.78. The molecule has 0 saturated heterocycles. The van der Waals surface area contributed by atoms with Gasteiger partial charge in [0.25, 0.3) is 5.91 Å². The van der Waals surface area contributed by atoms with Gasteiger partial charge in [-0.25, -0.2) is 0 Å². The van der Waals surface area contributed by atoms with Crippen LogP contribution in [-0.2, 0) is 19.5 Å². The molecule has 3 N–H and O–H groups in total. The fourth-order valence-corrected chi connectivity index (χ4v) is 1.53. The van der Waals surface area contributed by atoms with Gasteiger partial charge in [-0.3, -0.25) is 9.78 Å². The average molecular weight is 338 g/mol. The third kappa shape index (κ3) is 4.36. The van der Waals surface area contributed by atoms with E-state index in [0.717, 1.165) is 0 Å². The molecule has 0 aliphatic carbocycles. The van der Waals surface area contributed by atoms with Crippen molar-refractivity contribution in [3.8, 4) is 11.5 Å². The summed E-state index contributed by atoms with van der Waals surface area (Å²) in [5, 5.41) is 11.6. The number of carbonyl (C=O) groups excluding carboxylic acids is 1. The Morgan fingerprint density at radius 3 is 2.71 bits per heavy atom. The SMILES string of the molecule is COc1cccc(C=N[N-]C(=[OH+])c2ccncc2)c1[OH2+].[Zn+2]. The Morgan fingerprint density at radius 1 is 1.33 bits per heavy atom. The Hall–Kier alpha value is -2.27. The molecular weight excluding hydrogens is 324 g/mol. The monoisotopic (exact) mass is 336 g/mol. The van der Waals surface area contributed by atoms with E-state index in [1.165, 1.54) is 13.3 Å². The number of rotatable bonds is 4. The summed E-state index contributed by atoms with van der Waals surface area (Å²) >= 11 is 0. The standard InChI is InChI=1S/C14H13N3O3.Zn/c1-20-12-4-2-3-11(13(12)18)9-16-17-14(19)10-5-7-15-8-6-10;/h2-9H,1H3,(H2,15,16,17,18,19);/q;+2/p+1. The Morgan fingerprint density at radius 2 is 2.05 bits per heavy atom. The van der Waals surface area contributed by atoms with Crippen LogP contribution in [0.5, 0.6) is 11.5 Å². The first kappa shape index (κ1) is 16.8. The molecule has 0 bridgehead atoms. The van der Waals surface area contributed by atoms with Crippen LogP contribution in [0.25, 0.3) is 5.43 Å². The van der Waals surface area contributed by atoms with Gasteiger partial charge in [-0.05, 0) is 24.3 Å². The van der Waals surface area contributed by atoms with Crippen LogP contribution in [0, 0.1) is 0 Å². The third-order valence-electron chi connectivity index (χ3n) is 2.57. The van der Waals surface area contributed by atoms with Gasteiger partial charge in [-0.2, -0.15) is 0 Å². The van der Waals surface area contributed by atoms with E-state index in [9.17, 15) is 4.79 Å². The summed E-state index contributed by atoms with van der Waals surface area (Å²) in [6, 6.07) is 8.40. The van der Waals surface area contributed by atoms with Gasteiger partial charge in [0, 0.05) is 18.6 Å². The summed E-state index contributed by atoms with van der Waals surface area (Å²) in [4.78, 5) is 13.5. The molecule has 0 aliphatic heterocycles. The number of methoxy groups -OCH3 is 1. The average Bonchev–Trinajstić information content (AvgIpc) is 2.49. The van der Waals surface area contributed by atoms with E-state index in [0.29, 0.717) is 16.9 Å². The van der Waals surface area contributed by atoms with Gasteiger partial charge in [-0.15, -0.1) is 0 Å². The van der Waals surface area contributed by atoms with Crippen molar-refractivity contribution in [3.63, 3.8) is 0 Å². The van der Waals surface area contributed by atoms with Crippen LogP contribution in [-0.4, -0.2) is 34.1 Å². The first-order valence-corrected chi connectivity index (χ1v) is 5.81. The normalized spacial score (nSPS) is 9.95. The summed E-state index contributed by atoms with van der Waals surface area (Å²) < 4.78 is 5.04. The van der Waals surface area contributed by atoms with Crippen molar-refractivity contribution >= 4 is 12.1 Å². The molecule has 21 heavy (non-hydrogen) atoms. The van der Waals surface area contributed by atoms with Gasteiger partial charge in [0.05, 0.1) is 18.2 Å². The zero-order valence-corrected chi connectivity index (χ0v) is 14.5. The summed E-state index contributed by atoms with van der Waals surface area (Å²) in [6.45, 7) is 0. The van der Waals surface area contributed by atoms with Crippen molar-refractivity contribution in [1.29, 1.82) is 0 Å². The van der Waals surface area contributed by atoms with Crippen LogP contribution in [0.15, 0.2) is 47.8 Å². The maximum absolute atomic E-state index is 9.71. The molecule has 1 aromatic carbocycles. The van der Waals surface area contributed by atoms with E-state index < -0.39 is 0 Å². The van der Waals surface area contributed by atoms with Crippen LogP contribution in [0.1, 0.15) is 11.1 Å². The fraction of sp³-hybridized carbons (Fsp3) is 0.0714. The molecule has 0 saturated carbocycles. The Labute approximate surface area is 134 Å². The number of benzene rings is 1. The maximum atomic E-state index is 9.71. The molecule has 1 heterocycles. The van der Waals surface area contributed by atoms with Crippen LogP contribution >= 0.6 is 0 Å². The molecule has 0 atom stereocenters. The smallest absolute Gasteiger partial charge is 0.590 e. The van der Waals surface area contributed by atoms with E-state index in [1.807, 2.05) is 0 Å². The molecule has 0 radical (unpaired) electrons. The molecular formula is C14H14N3O3Zn+3. The second-order valence-corrected chi connectivity index (χ2v) is 3.83. The molecule has 0 unspecified atom stereocenters.